The van der Waals surface area contributed by atoms with Gasteiger partial charge in [-0.05, 0) is 38.0 Å². The van der Waals surface area contributed by atoms with Gasteiger partial charge in [0.1, 0.15) is 0 Å². The lowest BCUT2D eigenvalue weighted by atomic mass is 9.99. The Morgan fingerprint density at radius 2 is 1.88 bits per heavy atom. The molecule has 0 aromatic heterocycles. The molecule has 0 aromatic carbocycles. The van der Waals surface area contributed by atoms with Crippen LogP contribution < -0.4 is 5.32 Å². The van der Waals surface area contributed by atoms with Gasteiger partial charge in [0.25, 0.3) is 0 Å². The van der Waals surface area contributed by atoms with Crippen molar-refractivity contribution in [3.63, 3.8) is 0 Å². The van der Waals surface area contributed by atoms with Crippen molar-refractivity contribution in [2.45, 2.75) is 76.4 Å². The molecule has 2 unspecified atom stereocenters. The zero-order valence-corrected chi connectivity index (χ0v) is 11.3. The fourth-order valence-corrected chi connectivity index (χ4v) is 3.98. The van der Waals surface area contributed by atoms with E-state index >= 15 is 0 Å². The van der Waals surface area contributed by atoms with Crippen LogP contribution >= 0.6 is 0 Å². The maximum absolute atomic E-state index is 3.80. The molecule has 0 radical (unpaired) electrons. The number of nitrogens with zero attached hydrogens (tertiary/aromatic N) is 1. The minimum atomic E-state index is 0.774. The molecule has 2 aliphatic carbocycles. The Kier molecular flexibility index (Phi) is 3.72. The molecule has 2 nitrogen and oxygen atoms in total. The number of piperazine rings is 1. The van der Waals surface area contributed by atoms with E-state index in [4.69, 9.17) is 0 Å². The molecule has 0 bridgehead atoms. The second kappa shape index (κ2) is 5.27. The van der Waals surface area contributed by atoms with Gasteiger partial charge in [-0.2, -0.15) is 0 Å². The Hall–Kier alpha value is -0.0800. The average molecular weight is 236 g/mol. The van der Waals surface area contributed by atoms with E-state index in [-0.39, 0.29) is 0 Å². The van der Waals surface area contributed by atoms with Gasteiger partial charge in [0.05, 0.1) is 0 Å². The monoisotopic (exact) mass is 236 g/mol. The Morgan fingerprint density at radius 1 is 1.12 bits per heavy atom. The van der Waals surface area contributed by atoms with Crippen LogP contribution in [0.2, 0.25) is 0 Å². The molecule has 3 rings (SSSR count). The van der Waals surface area contributed by atoms with Crippen LogP contribution in [0.3, 0.4) is 0 Å². The lowest BCUT2D eigenvalue weighted by molar-refractivity contribution is 0.0687. The smallest absolute Gasteiger partial charge is 0.0252 e. The molecule has 17 heavy (non-hydrogen) atoms. The first kappa shape index (κ1) is 12.0. The van der Waals surface area contributed by atoms with E-state index in [2.05, 4.69) is 17.1 Å². The molecule has 1 heterocycles. The van der Waals surface area contributed by atoms with Gasteiger partial charge >= 0.3 is 0 Å². The zero-order chi connectivity index (χ0) is 11.7. The largest absolute Gasteiger partial charge is 0.311 e. The van der Waals surface area contributed by atoms with Gasteiger partial charge in [0.15, 0.2) is 0 Å². The second-order valence-electron chi connectivity index (χ2n) is 6.43. The third-order valence-corrected chi connectivity index (χ3v) is 5.07. The van der Waals surface area contributed by atoms with E-state index in [1.165, 1.54) is 64.5 Å². The van der Waals surface area contributed by atoms with Crippen molar-refractivity contribution < 1.29 is 0 Å². The summed E-state index contributed by atoms with van der Waals surface area (Å²) in [7, 11) is 0. The molecule has 2 saturated carbocycles. The van der Waals surface area contributed by atoms with Crippen molar-refractivity contribution in [2.75, 3.05) is 13.1 Å². The number of hydrogen-bond donors (Lipinski definition) is 1. The molecule has 3 fully saturated rings. The molecule has 98 valence electrons. The van der Waals surface area contributed by atoms with Crippen LogP contribution in [0.1, 0.15) is 58.3 Å². The molecular weight excluding hydrogens is 208 g/mol. The van der Waals surface area contributed by atoms with E-state index in [1.807, 2.05) is 0 Å². The summed E-state index contributed by atoms with van der Waals surface area (Å²) in [6, 6.07) is 2.59. The summed E-state index contributed by atoms with van der Waals surface area (Å²) in [5.41, 5.74) is 0. The molecular formula is C15H28N2. The SMILES string of the molecule is CCCC1CN(C2CCCC2)C(C2CC2)CN1. The first-order valence-corrected chi connectivity index (χ1v) is 7.87. The summed E-state index contributed by atoms with van der Waals surface area (Å²) in [6.45, 7) is 4.92. The fourth-order valence-electron chi connectivity index (χ4n) is 3.98. The molecule has 2 atom stereocenters. The lowest BCUT2D eigenvalue weighted by Crippen LogP contribution is -2.59. The quantitative estimate of drug-likeness (QED) is 0.807. The lowest BCUT2D eigenvalue weighted by Gasteiger charge is -2.44. The highest BCUT2D eigenvalue weighted by Gasteiger charge is 2.41. The average Bonchev–Trinajstić information content (AvgIpc) is 3.05. The van der Waals surface area contributed by atoms with Gasteiger partial charge in [-0.25, -0.2) is 0 Å². The summed E-state index contributed by atoms with van der Waals surface area (Å²) in [6.07, 6.45) is 11.6. The molecule has 3 aliphatic rings. The Balaban J connectivity index is 1.64. The number of hydrogen-bond acceptors (Lipinski definition) is 2. The van der Waals surface area contributed by atoms with E-state index in [0.29, 0.717) is 0 Å². The van der Waals surface area contributed by atoms with Crippen LogP contribution in [0.4, 0.5) is 0 Å². The van der Waals surface area contributed by atoms with Gasteiger partial charge < -0.3 is 5.32 Å². The Morgan fingerprint density at radius 3 is 2.53 bits per heavy atom. The summed E-state index contributed by atoms with van der Waals surface area (Å²) in [5, 5.41) is 3.80. The third-order valence-electron chi connectivity index (χ3n) is 5.07. The van der Waals surface area contributed by atoms with Crippen molar-refractivity contribution in [3.05, 3.63) is 0 Å². The Labute approximate surface area is 106 Å². The van der Waals surface area contributed by atoms with Gasteiger partial charge in [-0.1, -0.05) is 26.2 Å². The van der Waals surface area contributed by atoms with E-state index in [9.17, 15) is 0 Å². The van der Waals surface area contributed by atoms with E-state index in [0.717, 1.165) is 24.0 Å². The topological polar surface area (TPSA) is 15.3 Å². The predicted octanol–water partition coefficient (Wildman–Crippen LogP) is 2.78. The van der Waals surface area contributed by atoms with E-state index in [1.54, 1.807) is 0 Å². The first-order valence-electron chi connectivity index (χ1n) is 7.87. The predicted molar refractivity (Wildman–Crippen MR) is 72.2 cm³/mol. The maximum Gasteiger partial charge on any atom is 0.0252 e. The second-order valence-corrected chi connectivity index (χ2v) is 6.43. The van der Waals surface area contributed by atoms with Crippen LogP contribution in [-0.4, -0.2) is 36.1 Å². The molecule has 1 aliphatic heterocycles. The molecule has 0 spiro atoms. The molecule has 0 amide bonds. The highest BCUT2D eigenvalue weighted by molar-refractivity contribution is 4.98. The van der Waals surface area contributed by atoms with Gasteiger partial charge in [-0.3, -0.25) is 4.90 Å². The number of rotatable bonds is 4. The first-order chi connectivity index (χ1) is 8.38. The van der Waals surface area contributed by atoms with Crippen molar-refractivity contribution in [3.8, 4) is 0 Å². The minimum absolute atomic E-state index is 0.774. The van der Waals surface area contributed by atoms with Crippen LogP contribution in [0.25, 0.3) is 0 Å². The fraction of sp³-hybridized carbons (Fsp3) is 1.00. The summed E-state index contributed by atoms with van der Waals surface area (Å²) >= 11 is 0. The zero-order valence-electron chi connectivity index (χ0n) is 11.3. The highest BCUT2D eigenvalue weighted by atomic mass is 15.3. The normalized spacial score (nSPS) is 36.5. The van der Waals surface area contributed by atoms with Crippen LogP contribution in [0.15, 0.2) is 0 Å². The standard InChI is InChI=1S/C15H28N2/c1-2-5-13-11-17(14-6-3-4-7-14)15(10-16-13)12-8-9-12/h12-16H,2-11H2,1H3. The third kappa shape index (κ3) is 2.68. The van der Waals surface area contributed by atoms with Crippen LogP contribution in [0, 0.1) is 5.92 Å². The van der Waals surface area contributed by atoms with Crippen molar-refractivity contribution in [1.82, 2.24) is 10.2 Å². The Bertz CT molecular complexity index is 243. The summed E-state index contributed by atoms with van der Waals surface area (Å²) in [5.74, 6) is 1.03. The van der Waals surface area contributed by atoms with Gasteiger partial charge in [0, 0.05) is 31.2 Å². The number of nitrogens with one attached hydrogen (secondary N) is 1. The molecule has 2 heteroatoms. The maximum atomic E-state index is 3.80. The van der Waals surface area contributed by atoms with Crippen molar-refractivity contribution in [2.24, 2.45) is 5.92 Å². The molecule has 1 N–H and O–H groups in total. The summed E-state index contributed by atoms with van der Waals surface area (Å²) < 4.78 is 0. The van der Waals surface area contributed by atoms with Gasteiger partial charge in [0.2, 0.25) is 0 Å². The summed E-state index contributed by atoms with van der Waals surface area (Å²) in [4.78, 5) is 2.92. The molecule has 1 saturated heterocycles. The highest BCUT2D eigenvalue weighted by Crippen LogP contribution is 2.39. The van der Waals surface area contributed by atoms with Crippen LogP contribution in [-0.2, 0) is 0 Å². The molecule has 0 aromatic rings. The minimum Gasteiger partial charge on any atom is -0.311 e. The van der Waals surface area contributed by atoms with Gasteiger partial charge in [-0.15, -0.1) is 0 Å². The van der Waals surface area contributed by atoms with Crippen LogP contribution in [0.5, 0.6) is 0 Å². The van der Waals surface area contributed by atoms with E-state index < -0.39 is 0 Å². The van der Waals surface area contributed by atoms with Crippen molar-refractivity contribution >= 4 is 0 Å². The van der Waals surface area contributed by atoms with Crippen molar-refractivity contribution in [1.29, 1.82) is 0 Å².